The number of carbonyl (C=O) groups is 3. The van der Waals surface area contributed by atoms with Crippen molar-refractivity contribution in [2.75, 3.05) is 0 Å². The van der Waals surface area contributed by atoms with Crippen molar-refractivity contribution in [2.24, 2.45) is 50.2 Å². The van der Waals surface area contributed by atoms with E-state index in [0.29, 0.717) is 18.6 Å². The van der Waals surface area contributed by atoms with Gasteiger partial charge in [-0.15, -0.1) is 0 Å². The molecule has 2 N–H and O–H groups in total. The summed E-state index contributed by atoms with van der Waals surface area (Å²) in [5.74, 6) is 0.619. The topological polar surface area (TPSA) is 83.5 Å². The van der Waals surface area contributed by atoms with Crippen LogP contribution in [0.15, 0.2) is 11.6 Å². The van der Waals surface area contributed by atoms with Crippen LogP contribution >= 0.6 is 0 Å². The lowest BCUT2D eigenvalue weighted by atomic mass is 9.33. The molecule has 0 aliphatic heterocycles. The molecule has 5 rings (SSSR count). The van der Waals surface area contributed by atoms with E-state index in [1.807, 2.05) is 18.5 Å². The molecule has 194 valence electrons. The summed E-state index contributed by atoms with van der Waals surface area (Å²) in [6, 6.07) is 0. The molecule has 5 aliphatic carbocycles. The molecule has 4 saturated carbocycles. The van der Waals surface area contributed by atoms with Gasteiger partial charge in [0.05, 0.1) is 0 Å². The van der Waals surface area contributed by atoms with Crippen molar-refractivity contribution in [3.63, 3.8) is 0 Å². The summed E-state index contributed by atoms with van der Waals surface area (Å²) in [6.07, 6.45) is 9.87. The van der Waals surface area contributed by atoms with Crippen molar-refractivity contribution in [2.45, 2.75) is 106 Å². The van der Waals surface area contributed by atoms with Crippen LogP contribution in [0.1, 0.15) is 106 Å². The van der Waals surface area contributed by atoms with E-state index >= 15 is 0 Å². The van der Waals surface area contributed by atoms with Crippen molar-refractivity contribution >= 4 is 17.5 Å². The molecular formula is C30H45NO4. The predicted octanol–water partition coefficient (Wildman–Crippen LogP) is 6.04. The summed E-state index contributed by atoms with van der Waals surface area (Å²) in [5.41, 5.74) is 1.80. The molecule has 5 heteroatoms. The third-order valence-electron chi connectivity index (χ3n) is 13.0. The lowest BCUT2D eigenvalue weighted by molar-refractivity contribution is -0.188. The number of nitrogens with one attached hydrogen (secondary N) is 1. The van der Waals surface area contributed by atoms with E-state index < -0.39 is 5.41 Å². The summed E-state index contributed by atoms with van der Waals surface area (Å²) in [7, 11) is 0. The Bertz CT molecular complexity index is 1030. The monoisotopic (exact) mass is 483 g/mol. The number of carbonyl (C=O) groups excluding carboxylic acids is 3. The van der Waals surface area contributed by atoms with Crippen LogP contribution < -0.4 is 5.48 Å². The Labute approximate surface area is 210 Å². The molecule has 0 aromatic heterocycles. The van der Waals surface area contributed by atoms with Gasteiger partial charge in [-0.1, -0.05) is 54.0 Å². The highest BCUT2D eigenvalue weighted by Crippen LogP contribution is 2.74. The van der Waals surface area contributed by atoms with Crippen LogP contribution in [-0.4, -0.2) is 22.7 Å². The number of amides is 1. The average Bonchev–Trinajstić information content (AvgIpc) is 2.78. The highest BCUT2D eigenvalue weighted by Gasteiger charge is 2.70. The van der Waals surface area contributed by atoms with Crippen LogP contribution in [-0.2, 0) is 14.4 Å². The molecule has 8 atom stereocenters. The van der Waals surface area contributed by atoms with E-state index in [9.17, 15) is 19.6 Å². The van der Waals surface area contributed by atoms with Gasteiger partial charge in [0.15, 0.2) is 5.78 Å². The van der Waals surface area contributed by atoms with Gasteiger partial charge in [-0.2, -0.15) is 0 Å². The Balaban J connectivity index is 1.62. The Kier molecular flexibility index (Phi) is 5.25. The average molecular weight is 484 g/mol. The van der Waals surface area contributed by atoms with Gasteiger partial charge in [0, 0.05) is 23.2 Å². The first-order chi connectivity index (χ1) is 16.1. The molecule has 1 unspecified atom stereocenters. The van der Waals surface area contributed by atoms with Crippen molar-refractivity contribution in [1.29, 1.82) is 0 Å². The molecule has 0 spiro atoms. The number of fused-ring (bicyclic) bond motifs is 7. The van der Waals surface area contributed by atoms with Crippen LogP contribution in [0.2, 0.25) is 0 Å². The van der Waals surface area contributed by atoms with Crippen molar-refractivity contribution in [3.05, 3.63) is 11.6 Å². The zero-order chi connectivity index (χ0) is 25.8. The Morgan fingerprint density at radius 2 is 1.60 bits per heavy atom. The van der Waals surface area contributed by atoms with Crippen LogP contribution in [0.4, 0.5) is 0 Å². The second-order valence-electron chi connectivity index (χ2n) is 14.8. The van der Waals surface area contributed by atoms with Crippen molar-refractivity contribution in [1.82, 2.24) is 5.48 Å². The van der Waals surface area contributed by atoms with Gasteiger partial charge >= 0.3 is 0 Å². The predicted molar refractivity (Wildman–Crippen MR) is 134 cm³/mol. The molecule has 0 aromatic carbocycles. The second-order valence-corrected chi connectivity index (χ2v) is 14.8. The van der Waals surface area contributed by atoms with Gasteiger partial charge in [0.1, 0.15) is 5.78 Å². The molecule has 0 radical (unpaired) electrons. The SMILES string of the molecule is CC1(C)C(=O)CC[C@@]2(C)C1CC[C@]1(C)[C@@H]2C(=O)C=C2[C@@H]3C[C@@](C)(C(=O)NO)CC[C@]3(C)CC[C@]21C. The number of hydrogen-bond donors (Lipinski definition) is 2. The quantitative estimate of drug-likeness (QED) is 0.352. The maximum Gasteiger partial charge on any atom is 0.249 e. The van der Waals surface area contributed by atoms with Crippen LogP contribution in [0.5, 0.6) is 0 Å². The zero-order valence-corrected chi connectivity index (χ0v) is 22.8. The van der Waals surface area contributed by atoms with Gasteiger partial charge in [-0.3, -0.25) is 19.6 Å². The molecule has 0 bridgehead atoms. The Morgan fingerprint density at radius 3 is 2.26 bits per heavy atom. The van der Waals surface area contributed by atoms with Crippen LogP contribution in [0, 0.1) is 50.2 Å². The first-order valence-corrected chi connectivity index (χ1v) is 13.8. The lowest BCUT2D eigenvalue weighted by Crippen LogP contribution is -2.66. The van der Waals surface area contributed by atoms with Gasteiger partial charge < -0.3 is 0 Å². The minimum Gasteiger partial charge on any atom is -0.299 e. The maximum atomic E-state index is 14.2. The summed E-state index contributed by atoms with van der Waals surface area (Å²) in [4.78, 5) is 39.8. The van der Waals surface area contributed by atoms with Crippen LogP contribution in [0.25, 0.3) is 0 Å². The maximum absolute atomic E-state index is 14.2. The van der Waals surface area contributed by atoms with E-state index in [0.717, 1.165) is 44.9 Å². The van der Waals surface area contributed by atoms with Gasteiger partial charge in [-0.25, -0.2) is 5.48 Å². The molecule has 5 nitrogen and oxygen atoms in total. The van der Waals surface area contributed by atoms with E-state index in [1.54, 1.807) is 0 Å². The molecule has 4 fully saturated rings. The summed E-state index contributed by atoms with van der Waals surface area (Å²) in [6.45, 7) is 15.6. The van der Waals surface area contributed by atoms with E-state index in [4.69, 9.17) is 0 Å². The number of Topliss-reactive ketones (excluding diaryl/α,β-unsaturated/α-hetero) is 1. The minimum atomic E-state index is -0.629. The smallest absolute Gasteiger partial charge is 0.249 e. The molecule has 5 aliphatic rings. The lowest BCUT2D eigenvalue weighted by Gasteiger charge is -2.69. The Hall–Kier alpha value is -1.49. The Morgan fingerprint density at radius 1 is 0.943 bits per heavy atom. The summed E-state index contributed by atoms with van der Waals surface area (Å²) < 4.78 is 0. The first-order valence-electron chi connectivity index (χ1n) is 13.8. The largest absolute Gasteiger partial charge is 0.299 e. The number of allylic oxidation sites excluding steroid dienone is 2. The third kappa shape index (κ3) is 3.00. The molecule has 35 heavy (non-hydrogen) atoms. The minimum absolute atomic E-state index is 0.0738. The summed E-state index contributed by atoms with van der Waals surface area (Å²) >= 11 is 0. The number of ketones is 2. The van der Waals surface area contributed by atoms with E-state index in [-0.39, 0.29) is 56.5 Å². The van der Waals surface area contributed by atoms with Crippen molar-refractivity contribution in [3.8, 4) is 0 Å². The molecular weight excluding hydrogens is 438 g/mol. The fourth-order valence-electron chi connectivity index (χ4n) is 10.3. The highest BCUT2D eigenvalue weighted by atomic mass is 16.5. The molecule has 0 saturated heterocycles. The standard InChI is InChI=1S/C30H45NO4/c1-25(2)21-8-11-30(7)23(28(21,5)10-9-22(25)33)20(32)16-18-19-17-27(4,24(34)31-35)13-12-26(19,3)14-15-29(18,30)6/h16,19,21,23,35H,8-15,17H2,1-7H3,(H,31,34)/t19-,21?,23+,26+,27-,28-,29+,30+/m0/s1. The second kappa shape index (κ2) is 7.30. The van der Waals surface area contributed by atoms with E-state index in [1.165, 1.54) is 5.57 Å². The highest BCUT2D eigenvalue weighted by molar-refractivity contribution is 5.96. The normalized spacial score (nSPS) is 50.7. The van der Waals surface area contributed by atoms with Crippen molar-refractivity contribution < 1.29 is 19.6 Å². The molecule has 0 aromatic rings. The number of hydrogen-bond acceptors (Lipinski definition) is 4. The van der Waals surface area contributed by atoms with Gasteiger partial charge in [-0.05, 0) is 90.9 Å². The molecule has 0 heterocycles. The molecule has 1 amide bonds. The van der Waals surface area contributed by atoms with E-state index in [2.05, 4.69) is 41.5 Å². The van der Waals surface area contributed by atoms with Crippen LogP contribution in [0.3, 0.4) is 0 Å². The first kappa shape index (κ1) is 25.2. The fraction of sp³-hybridized carbons (Fsp3) is 0.833. The zero-order valence-electron chi connectivity index (χ0n) is 22.8. The third-order valence-corrected chi connectivity index (χ3v) is 13.0. The summed E-state index contributed by atoms with van der Waals surface area (Å²) in [5, 5.41) is 9.44. The van der Waals surface area contributed by atoms with Gasteiger partial charge in [0.25, 0.3) is 0 Å². The number of rotatable bonds is 1. The van der Waals surface area contributed by atoms with Gasteiger partial charge in [0.2, 0.25) is 5.91 Å². The fourth-order valence-corrected chi connectivity index (χ4v) is 10.3. The number of hydroxylamine groups is 1.